The first kappa shape index (κ1) is 21.8. The van der Waals surface area contributed by atoms with Gasteiger partial charge in [0.15, 0.2) is 0 Å². The second-order valence-electron chi connectivity index (χ2n) is 9.62. The number of fused-ring (bicyclic) bond motifs is 1. The van der Waals surface area contributed by atoms with Crippen molar-refractivity contribution in [2.75, 3.05) is 0 Å². The summed E-state index contributed by atoms with van der Waals surface area (Å²) in [6.07, 6.45) is 6.26. The standard InChI is InChI=1S/C26H30N4O3/c1-16-4-3-5-17(2)29(16)14-18-10-11-27-22(12-18)19-6-7-21-20(13-19)15-30(26(21)33)23-8-9-24(31)28-25(23)32/h6-7,10-13,16-17,23H,3-5,8-9,14-15H2,1-2H3,(H,28,31,32). The first-order chi connectivity index (χ1) is 15.9. The van der Waals surface area contributed by atoms with E-state index >= 15 is 0 Å². The molecule has 33 heavy (non-hydrogen) atoms. The molecule has 3 amide bonds. The van der Waals surface area contributed by atoms with Crippen LogP contribution in [0.25, 0.3) is 11.3 Å². The van der Waals surface area contributed by atoms with Crippen molar-refractivity contribution in [3.8, 4) is 11.3 Å². The number of benzene rings is 1. The number of nitrogens with one attached hydrogen (secondary N) is 1. The molecule has 0 aliphatic carbocycles. The minimum atomic E-state index is -0.596. The lowest BCUT2D eigenvalue weighted by Gasteiger charge is -2.39. The summed E-state index contributed by atoms with van der Waals surface area (Å²) < 4.78 is 0. The number of nitrogens with zero attached hydrogens (tertiary/aromatic N) is 3. The Labute approximate surface area is 194 Å². The third-order valence-corrected chi connectivity index (χ3v) is 7.38. The zero-order valence-corrected chi connectivity index (χ0v) is 19.2. The van der Waals surface area contributed by atoms with Crippen LogP contribution in [0.2, 0.25) is 0 Å². The van der Waals surface area contributed by atoms with Crippen molar-refractivity contribution in [2.45, 2.75) is 77.2 Å². The van der Waals surface area contributed by atoms with Gasteiger partial charge in [-0.15, -0.1) is 0 Å². The number of piperidine rings is 2. The lowest BCUT2D eigenvalue weighted by molar-refractivity contribution is -0.136. The molecule has 0 saturated carbocycles. The van der Waals surface area contributed by atoms with E-state index in [-0.39, 0.29) is 24.1 Å². The Hall–Kier alpha value is -3.06. The second kappa shape index (κ2) is 8.71. The molecular formula is C26H30N4O3. The van der Waals surface area contributed by atoms with E-state index in [1.54, 1.807) is 4.90 Å². The molecule has 7 heteroatoms. The van der Waals surface area contributed by atoms with Gasteiger partial charge in [0, 0.05) is 48.9 Å². The zero-order valence-electron chi connectivity index (χ0n) is 19.2. The highest BCUT2D eigenvalue weighted by Crippen LogP contribution is 2.31. The van der Waals surface area contributed by atoms with Gasteiger partial charge in [0.2, 0.25) is 11.8 Å². The molecule has 1 aromatic carbocycles. The van der Waals surface area contributed by atoms with Crippen LogP contribution in [0.5, 0.6) is 0 Å². The van der Waals surface area contributed by atoms with Gasteiger partial charge in [0.1, 0.15) is 6.04 Å². The number of carbonyl (C=O) groups is 3. The van der Waals surface area contributed by atoms with Crippen LogP contribution in [0.3, 0.4) is 0 Å². The van der Waals surface area contributed by atoms with E-state index in [1.165, 1.54) is 24.8 Å². The van der Waals surface area contributed by atoms with E-state index in [0.717, 1.165) is 23.4 Å². The molecule has 172 valence electrons. The van der Waals surface area contributed by atoms with Crippen LogP contribution in [0.1, 0.15) is 67.4 Å². The number of amides is 3. The number of pyridine rings is 1. The molecule has 0 bridgehead atoms. The smallest absolute Gasteiger partial charge is 0.255 e. The quantitative estimate of drug-likeness (QED) is 0.729. The van der Waals surface area contributed by atoms with E-state index in [0.29, 0.717) is 30.6 Å². The van der Waals surface area contributed by atoms with E-state index in [2.05, 4.69) is 41.2 Å². The van der Waals surface area contributed by atoms with Crippen LogP contribution < -0.4 is 5.32 Å². The predicted molar refractivity (Wildman–Crippen MR) is 124 cm³/mol. The fraction of sp³-hybridized carbons (Fsp3) is 0.462. The van der Waals surface area contributed by atoms with Crippen molar-refractivity contribution in [2.24, 2.45) is 0 Å². The summed E-state index contributed by atoms with van der Waals surface area (Å²) in [5.41, 5.74) is 4.61. The van der Waals surface area contributed by atoms with Crippen LogP contribution in [-0.2, 0) is 22.7 Å². The molecule has 2 aromatic rings. The van der Waals surface area contributed by atoms with E-state index < -0.39 is 6.04 Å². The molecule has 3 atom stereocenters. The fourth-order valence-corrected chi connectivity index (χ4v) is 5.46. The summed E-state index contributed by atoms with van der Waals surface area (Å²) >= 11 is 0. The first-order valence-corrected chi connectivity index (χ1v) is 11.9. The molecular weight excluding hydrogens is 416 g/mol. The van der Waals surface area contributed by atoms with Crippen molar-refractivity contribution in [3.63, 3.8) is 0 Å². The second-order valence-corrected chi connectivity index (χ2v) is 9.62. The molecule has 0 radical (unpaired) electrons. The lowest BCUT2D eigenvalue weighted by Crippen LogP contribution is -2.52. The third-order valence-electron chi connectivity index (χ3n) is 7.38. The minimum Gasteiger partial charge on any atom is -0.322 e. The van der Waals surface area contributed by atoms with Crippen molar-refractivity contribution >= 4 is 17.7 Å². The number of aromatic nitrogens is 1. The summed E-state index contributed by atoms with van der Waals surface area (Å²) in [6, 6.07) is 10.6. The van der Waals surface area contributed by atoms with Crippen molar-refractivity contribution in [1.82, 2.24) is 20.1 Å². The molecule has 3 aliphatic rings. The number of likely N-dealkylation sites (tertiary alicyclic amines) is 1. The van der Waals surface area contributed by atoms with Gasteiger partial charge in [0.05, 0.1) is 5.69 Å². The molecule has 1 N–H and O–H groups in total. The highest BCUT2D eigenvalue weighted by molar-refractivity contribution is 6.05. The Morgan fingerprint density at radius 3 is 2.58 bits per heavy atom. The summed E-state index contributed by atoms with van der Waals surface area (Å²) in [6.45, 7) is 5.90. The Morgan fingerprint density at radius 2 is 1.82 bits per heavy atom. The van der Waals surface area contributed by atoms with E-state index in [1.807, 2.05) is 24.4 Å². The molecule has 1 aromatic heterocycles. The maximum absolute atomic E-state index is 12.9. The van der Waals surface area contributed by atoms with Gasteiger partial charge in [0.25, 0.3) is 5.91 Å². The largest absolute Gasteiger partial charge is 0.322 e. The number of hydrogen-bond donors (Lipinski definition) is 1. The molecule has 0 spiro atoms. The summed E-state index contributed by atoms with van der Waals surface area (Å²) in [5.74, 6) is -0.814. The molecule has 3 unspecified atom stereocenters. The van der Waals surface area contributed by atoms with Crippen molar-refractivity contribution in [1.29, 1.82) is 0 Å². The topological polar surface area (TPSA) is 82.6 Å². The Morgan fingerprint density at radius 1 is 1.03 bits per heavy atom. The van der Waals surface area contributed by atoms with Gasteiger partial charge in [-0.3, -0.25) is 29.6 Å². The number of rotatable bonds is 4. The summed E-state index contributed by atoms with van der Waals surface area (Å²) in [5, 5.41) is 2.35. The maximum Gasteiger partial charge on any atom is 0.255 e. The zero-order chi connectivity index (χ0) is 23.1. The maximum atomic E-state index is 12.9. The number of imide groups is 1. The monoisotopic (exact) mass is 446 g/mol. The van der Waals surface area contributed by atoms with Gasteiger partial charge < -0.3 is 4.90 Å². The molecule has 2 fully saturated rings. The van der Waals surface area contributed by atoms with Crippen LogP contribution in [0.15, 0.2) is 36.5 Å². The summed E-state index contributed by atoms with van der Waals surface area (Å²) in [4.78, 5) is 45.5. The van der Waals surface area contributed by atoms with Crippen LogP contribution in [0.4, 0.5) is 0 Å². The van der Waals surface area contributed by atoms with E-state index in [4.69, 9.17) is 0 Å². The Bertz CT molecular complexity index is 1100. The van der Waals surface area contributed by atoms with Gasteiger partial charge in [-0.1, -0.05) is 12.5 Å². The fourth-order valence-electron chi connectivity index (χ4n) is 5.46. The molecule has 2 saturated heterocycles. The SMILES string of the molecule is CC1CCCC(C)N1Cc1ccnc(-c2ccc3c(c2)CN(C2CCC(=O)NC2=O)C3=O)c1. The van der Waals surface area contributed by atoms with Gasteiger partial charge in [-0.25, -0.2) is 0 Å². The van der Waals surface area contributed by atoms with Crippen LogP contribution >= 0.6 is 0 Å². The van der Waals surface area contributed by atoms with Gasteiger partial charge >= 0.3 is 0 Å². The average molecular weight is 447 g/mol. The molecule has 7 nitrogen and oxygen atoms in total. The van der Waals surface area contributed by atoms with Gasteiger partial charge in [-0.05, 0) is 68.5 Å². The van der Waals surface area contributed by atoms with E-state index in [9.17, 15) is 14.4 Å². The highest BCUT2D eigenvalue weighted by Gasteiger charge is 2.39. The Kier molecular flexibility index (Phi) is 5.74. The predicted octanol–water partition coefficient (Wildman–Crippen LogP) is 3.27. The highest BCUT2D eigenvalue weighted by atomic mass is 16.2. The minimum absolute atomic E-state index is 0.152. The first-order valence-electron chi connectivity index (χ1n) is 11.9. The normalized spacial score (nSPS) is 25.8. The summed E-state index contributed by atoms with van der Waals surface area (Å²) in [7, 11) is 0. The molecule has 5 rings (SSSR count). The number of hydrogen-bond acceptors (Lipinski definition) is 5. The molecule has 4 heterocycles. The van der Waals surface area contributed by atoms with Crippen LogP contribution in [0, 0.1) is 0 Å². The van der Waals surface area contributed by atoms with Crippen molar-refractivity contribution in [3.05, 3.63) is 53.2 Å². The van der Waals surface area contributed by atoms with Gasteiger partial charge in [-0.2, -0.15) is 0 Å². The average Bonchev–Trinajstić information content (AvgIpc) is 3.12. The lowest BCUT2D eigenvalue weighted by atomic mass is 9.96. The van der Waals surface area contributed by atoms with Crippen molar-refractivity contribution < 1.29 is 14.4 Å². The Balaban J connectivity index is 1.36. The third kappa shape index (κ3) is 4.17. The van der Waals surface area contributed by atoms with Crippen LogP contribution in [-0.4, -0.2) is 50.6 Å². The molecule has 3 aliphatic heterocycles. The number of carbonyl (C=O) groups excluding carboxylic acids is 3.